The Kier molecular flexibility index (Phi) is 5.56. The van der Waals surface area contributed by atoms with Crippen LogP contribution in [0.1, 0.15) is 52.6 Å². The number of carbonyl (C=O) groups is 4. The molecule has 37 heavy (non-hydrogen) atoms. The molecule has 1 aliphatic carbocycles. The van der Waals surface area contributed by atoms with Crippen LogP contribution < -0.4 is 0 Å². The van der Waals surface area contributed by atoms with Gasteiger partial charge in [0.15, 0.2) is 0 Å². The number of carboxylic acid groups (broad SMARTS) is 4. The van der Waals surface area contributed by atoms with Gasteiger partial charge in [-0.05, 0) is 63.1 Å². The molecule has 5 rings (SSSR count). The lowest BCUT2D eigenvalue weighted by atomic mass is 9.83. The smallest absolute Gasteiger partial charge is 0.337 e. The molecule has 0 spiro atoms. The normalized spacial score (nSPS) is 11.5. The molecule has 0 aliphatic heterocycles. The van der Waals surface area contributed by atoms with Gasteiger partial charge in [0.1, 0.15) is 0 Å². The van der Waals surface area contributed by atoms with Gasteiger partial charge in [-0.15, -0.1) is 0 Å². The summed E-state index contributed by atoms with van der Waals surface area (Å²) in [5.41, 5.74) is 2.50. The molecule has 182 valence electrons. The number of hydrogen-bond acceptors (Lipinski definition) is 4. The number of fused-ring (bicyclic) bond motifs is 3. The average molecular weight is 494 g/mol. The fraction of sp³-hybridized carbons (Fsp3) is 0.0345. The molecule has 8 nitrogen and oxygen atoms in total. The molecule has 0 fully saturated rings. The van der Waals surface area contributed by atoms with Crippen molar-refractivity contribution in [3.63, 3.8) is 0 Å². The van der Waals surface area contributed by atoms with Crippen molar-refractivity contribution < 1.29 is 39.6 Å². The number of carboxylic acids is 4. The van der Waals surface area contributed by atoms with Gasteiger partial charge in [0.05, 0.1) is 22.3 Å². The first kappa shape index (κ1) is 23.5. The second-order valence-electron chi connectivity index (χ2n) is 8.53. The molecule has 0 radical (unpaired) electrons. The van der Waals surface area contributed by atoms with Crippen LogP contribution in [0.4, 0.5) is 0 Å². The summed E-state index contributed by atoms with van der Waals surface area (Å²) in [6.45, 7) is 0. The van der Waals surface area contributed by atoms with Crippen molar-refractivity contribution in [1.82, 2.24) is 0 Å². The quantitative estimate of drug-likeness (QED) is 0.246. The molecule has 4 aromatic rings. The highest BCUT2D eigenvalue weighted by molar-refractivity contribution is 6.12. The van der Waals surface area contributed by atoms with E-state index in [1.807, 2.05) is 24.3 Å². The van der Waals surface area contributed by atoms with Crippen LogP contribution in [-0.4, -0.2) is 44.3 Å². The predicted molar refractivity (Wildman–Crippen MR) is 133 cm³/mol. The van der Waals surface area contributed by atoms with Gasteiger partial charge in [-0.3, -0.25) is 0 Å². The Morgan fingerprint density at radius 3 is 1.59 bits per heavy atom. The minimum Gasteiger partial charge on any atom is -0.478 e. The summed E-state index contributed by atoms with van der Waals surface area (Å²) in [6, 6.07) is 19.2. The van der Waals surface area contributed by atoms with Gasteiger partial charge in [-0.2, -0.15) is 0 Å². The van der Waals surface area contributed by atoms with Crippen molar-refractivity contribution in [2.75, 3.05) is 0 Å². The predicted octanol–water partition coefficient (Wildman–Crippen LogP) is 5.38. The third kappa shape index (κ3) is 3.71. The van der Waals surface area contributed by atoms with Gasteiger partial charge in [0.25, 0.3) is 0 Å². The van der Waals surface area contributed by atoms with E-state index in [2.05, 4.69) is 0 Å². The van der Waals surface area contributed by atoms with E-state index < -0.39 is 46.1 Å². The lowest BCUT2D eigenvalue weighted by Crippen LogP contribution is -2.12. The molecule has 4 aromatic carbocycles. The fourth-order valence-electron chi connectivity index (χ4n) is 5.10. The standard InChI is InChI=1S/C29H18O8/c30-26(31)20-9-3-7-17(24(20)28(34)35)18-12-11-16-15-6-2-1-5-14(15)13-22(16)23(18)19-8-4-10-21(27(32)33)25(19)29(36)37/h1-12H,13H2,(H,30,31)(H,32,33)(H,34,35)(H,36,37). The molecule has 8 heteroatoms. The Labute approximate surface area is 209 Å². The number of rotatable bonds is 6. The van der Waals surface area contributed by atoms with Crippen LogP contribution in [-0.2, 0) is 6.42 Å². The molecule has 0 bridgehead atoms. The summed E-state index contributed by atoms with van der Waals surface area (Å²) in [7, 11) is 0. The maximum Gasteiger partial charge on any atom is 0.337 e. The highest BCUT2D eigenvalue weighted by Crippen LogP contribution is 2.47. The largest absolute Gasteiger partial charge is 0.478 e. The van der Waals surface area contributed by atoms with Crippen LogP contribution in [0.15, 0.2) is 72.8 Å². The first-order valence-corrected chi connectivity index (χ1v) is 11.1. The summed E-state index contributed by atoms with van der Waals surface area (Å²) >= 11 is 0. The maximum atomic E-state index is 12.4. The van der Waals surface area contributed by atoms with E-state index >= 15 is 0 Å². The number of aromatic carboxylic acids is 4. The molecule has 0 heterocycles. The zero-order valence-corrected chi connectivity index (χ0v) is 19.1. The van der Waals surface area contributed by atoms with E-state index in [1.165, 1.54) is 36.4 Å². The summed E-state index contributed by atoms with van der Waals surface area (Å²) < 4.78 is 0. The zero-order chi connectivity index (χ0) is 26.4. The Balaban J connectivity index is 1.94. The SMILES string of the molecule is O=C(O)c1cccc(-c2ccc3c(c2-c2cccc(C(=O)O)c2C(=O)O)Cc2ccccc2-3)c1C(=O)O. The van der Waals surface area contributed by atoms with Crippen molar-refractivity contribution in [3.8, 4) is 33.4 Å². The van der Waals surface area contributed by atoms with Crippen molar-refractivity contribution in [2.24, 2.45) is 0 Å². The summed E-state index contributed by atoms with van der Waals surface area (Å²) in [6.07, 6.45) is 0.395. The van der Waals surface area contributed by atoms with E-state index in [0.29, 0.717) is 17.5 Å². The van der Waals surface area contributed by atoms with E-state index in [1.54, 1.807) is 12.1 Å². The maximum absolute atomic E-state index is 12.4. The van der Waals surface area contributed by atoms with Crippen molar-refractivity contribution in [3.05, 3.63) is 106 Å². The van der Waals surface area contributed by atoms with Crippen LogP contribution in [0.25, 0.3) is 33.4 Å². The second-order valence-corrected chi connectivity index (χ2v) is 8.53. The second kappa shape index (κ2) is 8.76. The Morgan fingerprint density at radius 1 is 0.486 bits per heavy atom. The van der Waals surface area contributed by atoms with E-state index in [9.17, 15) is 39.6 Å². The molecule has 0 aromatic heterocycles. The molecule has 0 saturated heterocycles. The first-order valence-electron chi connectivity index (χ1n) is 11.1. The molecule has 0 unspecified atom stereocenters. The summed E-state index contributed by atoms with van der Waals surface area (Å²) in [5, 5.41) is 39.4. The summed E-state index contributed by atoms with van der Waals surface area (Å²) in [5.74, 6) is -5.76. The van der Waals surface area contributed by atoms with Gasteiger partial charge >= 0.3 is 23.9 Å². The Bertz CT molecular complexity index is 1670. The van der Waals surface area contributed by atoms with Gasteiger partial charge in [-0.1, -0.05) is 60.7 Å². The third-order valence-electron chi connectivity index (χ3n) is 6.56. The molecule has 1 aliphatic rings. The third-order valence-corrected chi connectivity index (χ3v) is 6.56. The van der Waals surface area contributed by atoms with E-state index in [0.717, 1.165) is 16.7 Å². The molecule has 0 amide bonds. The van der Waals surface area contributed by atoms with Crippen molar-refractivity contribution in [2.45, 2.75) is 6.42 Å². The van der Waals surface area contributed by atoms with Crippen molar-refractivity contribution in [1.29, 1.82) is 0 Å². The minimum absolute atomic E-state index is 0.0817. The monoisotopic (exact) mass is 494 g/mol. The molecule has 0 atom stereocenters. The highest BCUT2D eigenvalue weighted by Gasteiger charge is 2.30. The number of benzene rings is 4. The van der Waals surface area contributed by atoms with Crippen LogP contribution in [0, 0.1) is 0 Å². The fourth-order valence-corrected chi connectivity index (χ4v) is 5.10. The Hall–Kier alpha value is -5.24. The first-order chi connectivity index (χ1) is 17.7. The highest BCUT2D eigenvalue weighted by atomic mass is 16.4. The van der Waals surface area contributed by atoms with Crippen LogP contribution in [0.2, 0.25) is 0 Å². The lowest BCUT2D eigenvalue weighted by molar-refractivity contribution is 0.0652. The lowest BCUT2D eigenvalue weighted by Gasteiger charge is -2.20. The van der Waals surface area contributed by atoms with Gasteiger partial charge < -0.3 is 20.4 Å². The van der Waals surface area contributed by atoms with Crippen LogP contribution in [0.5, 0.6) is 0 Å². The molecule has 4 N–H and O–H groups in total. The van der Waals surface area contributed by atoms with Crippen molar-refractivity contribution >= 4 is 23.9 Å². The van der Waals surface area contributed by atoms with E-state index in [-0.39, 0.29) is 16.7 Å². The van der Waals surface area contributed by atoms with Crippen LogP contribution in [0.3, 0.4) is 0 Å². The molecule has 0 saturated carbocycles. The van der Waals surface area contributed by atoms with Gasteiger partial charge in [0, 0.05) is 0 Å². The van der Waals surface area contributed by atoms with Crippen LogP contribution >= 0.6 is 0 Å². The average Bonchev–Trinajstić information content (AvgIpc) is 3.25. The number of hydrogen-bond donors (Lipinski definition) is 4. The molecular weight excluding hydrogens is 476 g/mol. The zero-order valence-electron chi connectivity index (χ0n) is 19.1. The topological polar surface area (TPSA) is 149 Å². The molecular formula is C29H18O8. The van der Waals surface area contributed by atoms with Gasteiger partial charge in [0.2, 0.25) is 0 Å². The Morgan fingerprint density at radius 2 is 1.00 bits per heavy atom. The van der Waals surface area contributed by atoms with E-state index in [4.69, 9.17) is 0 Å². The summed E-state index contributed by atoms with van der Waals surface area (Å²) in [4.78, 5) is 48.4. The minimum atomic E-state index is -1.46. The van der Waals surface area contributed by atoms with Gasteiger partial charge in [-0.25, -0.2) is 19.2 Å².